The molecular formula is C10H10ClF3N2. The van der Waals surface area contributed by atoms with E-state index in [1.807, 2.05) is 0 Å². The molecule has 0 radical (unpaired) electrons. The van der Waals surface area contributed by atoms with E-state index in [4.69, 9.17) is 11.0 Å². The van der Waals surface area contributed by atoms with Crippen molar-refractivity contribution in [2.75, 3.05) is 6.54 Å². The van der Waals surface area contributed by atoms with Crippen LogP contribution in [0.15, 0.2) is 24.3 Å². The van der Waals surface area contributed by atoms with E-state index in [0.29, 0.717) is 0 Å². The predicted molar refractivity (Wildman–Crippen MR) is 56.3 cm³/mol. The second-order valence-electron chi connectivity index (χ2n) is 3.03. The van der Waals surface area contributed by atoms with Crippen molar-refractivity contribution in [2.24, 2.45) is 5.73 Å². The van der Waals surface area contributed by atoms with Gasteiger partial charge in [-0.05, 0) is 11.6 Å². The summed E-state index contributed by atoms with van der Waals surface area (Å²) >= 11 is 0. The van der Waals surface area contributed by atoms with E-state index in [2.05, 4.69) is 0 Å². The summed E-state index contributed by atoms with van der Waals surface area (Å²) < 4.78 is 37.6. The van der Waals surface area contributed by atoms with Crippen molar-refractivity contribution in [3.63, 3.8) is 0 Å². The highest BCUT2D eigenvalue weighted by Crippen LogP contribution is 2.35. The van der Waals surface area contributed by atoms with Crippen molar-refractivity contribution in [2.45, 2.75) is 12.1 Å². The molecule has 1 aromatic rings. The second-order valence-corrected chi connectivity index (χ2v) is 3.03. The van der Waals surface area contributed by atoms with Gasteiger partial charge in [0.2, 0.25) is 0 Å². The number of halogens is 4. The minimum atomic E-state index is -4.41. The molecule has 1 rings (SSSR count). The van der Waals surface area contributed by atoms with Crippen LogP contribution in [0.4, 0.5) is 13.2 Å². The lowest BCUT2D eigenvalue weighted by molar-refractivity contribution is -0.148. The minimum absolute atomic E-state index is 0. The third-order valence-corrected chi connectivity index (χ3v) is 2.09. The summed E-state index contributed by atoms with van der Waals surface area (Å²) in [5.41, 5.74) is 5.04. The van der Waals surface area contributed by atoms with Crippen molar-refractivity contribution in [1.29, 1.82) is 5.26 Å². The number of benzene rings is 1. The Hall–Kier alpha value is -1.25. The van der Waals surface area contributed by atoms with E-state index in [-0.39, 0.29) is 23.5 Å². The summed E-state index contributed by atoms with van der Waals surface area (Å²) in [5.74, 6) is -1.77. The number of rotatable bonds is 2. The van der Waals surface area contributed by atoms with Gasteiger partial charge in [-0.25, -0.2) is 0 Å². The molecule has 0 aliphatic rings. The lowest BCUT2D eigenvalue weighted by Crippen LogP contribution is -2.28. The molecule has 0 aliphatic heterocycles. The monoisotopic (exact) mass is 250 g/mol. The Kier molecular flexibility index (Phi) is 5.28. The normalized spacial score (nSPS) is 12.4. The maximum absolute atomic E-state index is 12.5. The molecule has 0 amide bonds. The molecule has 88 valence electrons. The highest BCUT2D eigenvalue weighted by atomic mass is 35.5. The van der Waals surface area contributed by atoms with Gasteiger partial charge in [0.25, 0.3) is 0 Å². The number of alkyl halides is 3. The van der Waals surface area contributed by atoms with Gasteiger partial charge in [-0.3, -0.25) is 0 Å². The maximum atomic E-state index is 12.5. The van der Waals surface area contributed by atoms with Crippen LogP contribution in [0.5, 0.6) is 0 Å². The molecule has 0 spiro atoms. The van der Waals surface area contributed by atoms with Crippen molar-refractivity contribution in [1.82, 2.24) is 0 Å². The van der Waals surface area contributed by atoms with Gasteiger partial charge >= 0.3 is 6.18 Å². The fourth-order valence-corrected chi connectivity index (χ4v) is 1.34. The van der Waals surface area contributed by atoms with E-state index >= 15 is 0 Å². The van der Waals surface area contributed by atoms with E-state index in [9.17, 15) is 13.2 Å². The van der Waals surface area contributed by atoms with Crippen LogP contribution in [0.1, 0.15) is 17.0 Å². The molecule has 0 saturated carbocycles. The van der Waals surface area contributed by atoms with Crippen LogP contribution in [0.25, 0.3) is 0 Å². The smallest absolute Gasteiger partial charge is 0.330 e. The zero-order valence-electron chi connectivity index (χ0n) is 8.16. The Morgan fingerprint density at radius 3 is 2.31 bits per heavy atom. The third kappa shape index (κ3) is 3.12. The molecule has 0 fully saturated rings. The lowest BCUT2D eigenvalue weighted by Gasteiger charge is -2.19. The highest BCUT2D eigenvalue weighted by molar-refractivity contribution is 5.85. The molecule has 0 heterocycles. The first-order valence-corrected chi connectivity index (χ1v) is 4.26. The van der Waals surface area contributed by atoms with Gasteiger partial charge in [-0.1, -0.05) is 18.2 Å². The Labute approximate surface area is 97.3 Å². The van der Waals surface area contributed by atoms with Crippen LogP contribution in [-0.2, 0) is 0 Å². The largest absolute Gasteiger partial charge is 0.396 e. The Morgan fingerprint density at radius 1 is 1.31 bits per heavy atom. The fraction of sp³-hybridized carbons (Fsp3) is 0.300. The molecule has 0 bridgehead atoms. The predicted octanol–water partition coefficient (Wildman–Crippen LogP) is 2.58. The molecule has 16 heavy (non-hydrogen) atoms. The summed E-state index contributed by atoms with van der Waals surface area (Å²) in [5, 5.41) is 8.67. The van der Waals surface area contributed by atoms with Gasteiger partial charge in [0, 0.05) is 6.54 Å². The topological polar surface area (TPSA) is 49.8 Å². The molecule has 1 aromatic carbocycles. The third-order valence-electron chi connectivity index (χ3n) is 2.09. The van der Waals surface area contributed by atoms with Gasteiger partial charge in [-0.2, -0.15) is 18.4 Å². The van der Waals surface area contributed by atoms with Crippen molar-refractivity contribution in [3.05, 3.63) is 35.4 Å². The maximum Gasteiger partial charge on any atom is 0.396 e. The van der Waals surface area contributed by atoms with E-state index in [1.165, 1.54) is 24.3 Å². The van der Waals surface area contributed by atoms with Crippen LogP contribution < -0.4 is 5.73 Å². The molecule has 0 saturated heterocycles. The number of nitrogens with two attached hydrogens (primary N) is 1. The summed E-state index contributed by atoms with van der Waals surface area (Å²) in [7, 11) is 0. The number of hydrogen-bond donors (Lipinski definition) is 1. The van der Waals surface area contributed by atoms with Crippen molar-refractivity contribution < 1.29 is 13.2 Å². The zero-order valence-corrected chi connectivity index (χ0v) is 8.98. The highest BCUT2D eigenvalue weighted by Gasteiger charge is 2.40. The Morgan fingerprint density at radius 2 is 1.88 bits per heavy atom. The van der Waals surface area contributed by atoms with Crippen LogP contribution in [0.2, 0.25) is 0 Å². The van der Waals surface area contributed by atoms with E-state index in [1.54, 1.807) is 6.07 Å². The van der Waals surface area contributed by atoms with Crippen molar-refractivity contribution in [3.8, 4) is 6.07 Å². The first-order valence-electron chi connectivity index (χ1n) is 4.26. The van der Waals surface area contributed by atoms with E-state index in [0.717, 1.165) is 0 Å². The van der Waals surface area contributed by atoms with Crippen LogP contribution >= 0.6 is 12.4 Å². The summed E-state index contributed by atoms with van der Waals surface area (Å²) in [6.45, 7) is -0.553. The lowest BCUT2D eigenvalue weighted by atomic mass is 9.94. The van der Waals surface area contributed by atoms with Gasteiger partial charge in [0.15, 0.2) is 0 Å². The minimum Gasteiger partial charge on any atom is -0.330 e. The van der Waals surface area contributed by atoms with Crippen LogP contribution in [-0.4, -0.2) is 12.7 Å². The Balaban J connectivity index is 0.00000225. The average Bonchev–Trinajstić information content (AvgIpc) is 2.17. The number of hydrogen-bond acceptors (Lipinski definition) is 2. The molecule has 0 aliphatic carbocycles. The molecule has 1 atom stereocenters. The average molecular weight is 251 g/mol. The van der Waals surface area contributed by atoms with Crippen LogP contribution in [0, 0.1) is 11.3 Å². The van der Waals surface area contributed by atoms with Gasteiger partial charge in [0.05, 0.1) is 17.6 Å². The SMILES string of the molecule is Cl.N#Cc1ccccc1C(CN)C(F)(F)F. The Bertz CT molecular complexity index is 384. The number of nitrogens with zero attached hydrogens (tertiary/aromatic N) is 1. The van der Waals surface area contributed by atoms with Gasteiger partial charge < -0.3 is 5.73 Å². The summed E-state index contributed by atoms with van der Waals surface area (Å²) in [4.78, 5) is 0. The molecule has 0 aromatic heterocycles. The summed E-state index contributed by atoms with van der Waals surface area (Å²) in [6, 6.07) is 7.34. The zero-order chi connectivity index (χ0) is 11.5. The first kappa shape index (κ1) is 14.8. The standard InChI is InChI=1S/C10H9F3N2.ClH/c11-10(12,13)9(6-15)8-4-2-1-3-7(8)5-14;/h1-4,9H,6,15H2;1H. The quantitative estimate of drug-likeness (QED) is 0.877. The molecule has 2 N–H and O–H groups in total. The first-order chi connectivity index (χ1) is 7.00. The van der Waals surface area contributed by atoms with E-state index < -0.39 is 18.6 Å². The molecule has 2 nitrogen and oxygen atoms in total. The van der Waals surface area contributed by atoms with Gasteiger partial charge in [0.1, 0.15) is 0 Å². The second kappa shape index (κ2) is 5.73. The summed E-state index contributed by atoms with van der Waals surface area (Å²) in [6.07, 6.45) is -4.41. The molecule has 6 heteroatoms. The molecular weight excluding hydrogens is 241 g/mol. The fourth-order valence-electron chi connectivity index (χ4n) is 1.34. The molecule has 1 unspecified atom stereocenters. The number of nitriles is 1. The van der Waals surface area contributed by atoms with Crippen molar-refractivity contribution >= 4 is 12.4 Å². The van der Waals surface area contributed by atoms with Crippen LogP contribution in [0.3, 0.4) is 0 Å². The van der Waals surface area contributed by atoms with Gasteiger partial charge in [-0.15, -0.1) is 12.4 Å².